The molecule has 2 atom stereocenters. The lowest BCUT2D eigenvalue weighted by atomic mass is 10.1. The molecular weight excluding hydrogens is 273 g/mol. The number of hydrogen-bond acceptors (Lipinski definition) is 3. The minimum absolute atomic E-state index is 0.0444. The number of halogens is 2. The molecule has 0 amide bonds. The Morgan fingerprint density at radius 2 is 2.11 bits per heavy atom. The first-order chi connectivity index (χ1) is 8.58. The van der Waals surface area contributed by atoms with E-state index in [-0.39, 0.29) is 18.7 Å². The van der Waals surface area contributed by atoms with Crippen molar-refractivity contribution in [2.24, 2.45) is 0 Å². The molecule has 0 fully saturated rings. The fourth-order valence-electron chi connectivity index (χ4n) is 1.86. The van der Waals surface area contributed by atoms with Crippen molar-refractivity contribution in [1.29, 1.82) is 0 Å². The molecule has 0 spiro atoms. The second-order valence-corrected chi connectivity index (χ2v) is 5.06. The number of hydrogen-bond donors (Lipinski definition) is 2. The van der Waals surface area contributed by atoms with E-state index < -0.39 is 0 Å². The van der Waals surface area contributed by atoms with Crippen molar-refractivity contribution in [3.63, 3.8) is 0 Å². The zero-order valence-electron chi connectivity index (χ0n) is 10.6. The van der Waals surface area contributed by atoms with Crippen molar-refractivity contribution in [3.05, 3.63) is 33.8 Å². The molecule has 1 aromatic carbocycles. The Balaban J connectivity index is 2.73. The highest BCUT2D eigenvalue weighted by Gasteiger charge is 2.15. The van der Waals surface area contributed by atoms with Gasteiger partial charge >= 0.3 is 0 Å². The van der Waals surface area contributed by atoms with Crippen LogP contribution in [-0.4, -0.2) is 31.5 Å². The molecule has 0 saturated carbocycles. The van der Waals surface area contributed by atoms with Crippen LogP contribution in [0.15, 0.2) is 18.2 Å². The van der Waals surface area contributed by atoms with Crippen molar-refractivity contribution in [3.8, 4) is 0 Å². The molecule has 1 rings (SSSR count). The fraction of sp³-hybridized carbons (Fsp3) is 0.538. The number of rotatable bonds is 7. The number of aliphatic hydroxyl groups is 1. The standard InChI is InChI=1S/C13H19Cl2NO2/c1-9(16-11(5-6-17)8-18-2)12-7-10(14)3-4-13(12)15/h3-4,7,9,11,16-17H,5-6,8H2,1-2H3. The SMILES string of the molecule is COCC(CCO)NC(C)c1cc(Cl)ccc1Cl. The summed E-state index contributed by atoms with van der Waals surface area (Å²) in [5, 5.41) is 13.7. The maximum Gasteiger partial charge on any atom is 0.0616 e. The summed E-state index contributed by atoms with van der Waals surface area (Å²) in [6.45, 7) is 2.68. The van der Waals surface area contributed by atoms with Crippen LogP contribution < -0.4 is 5.32 Å². The average molecular weight is 292 g/mol. The number of benzene rings is 1. The molecule has 0 heterocycles. The molecule has 2 N–H and O–H groups in total. The van der Waals surface area contributed by atoms with Crippen LogP contribution in [0.4, 0.5) is 0 Å². The molecule has 0 aromatic heterocycles. The Kier molecular flexibility index (Phi) is 6.97. The van der Waals surface area contributed by atoms with Gasteiger partial charge < -0.3 is 15.2 Å². The number of methoxy groups -OCH3 is 1. The number of aliphatic hydroxyl groups excluding tert-OH is 1. The molecule has 3 nitrogen and oxygen atoms in total. The molecule has 18 heavy (non-hydrogen) atoms. The number of ether oxygens (including phenoxy) is 1. The normalized spacial score (nSPS) is 14.5. The third-order valence-corrected chi connectivity index (χ3v) is 3.33. The number of nitrogens with one attached hydrogen (secondary N) is 1. The summed E-state index contributed by atoms with van der Waals surface area (Å²) in [7, 11) is 1.64. The van der Waals surface area contributed by atoms with E-state index in [0.29, 0.717) is 23.1 Å². The first kappa shape index (κ1) is 15.7. The van der Waals surface area contributed by atoms with Gasteiger partial charge in [-0.1, -0.05) is 23.2 Å². The van der Waals surface area contributed by atoms with Crippen molar-refractivity contribution in [2.75, 3.05) is 20.3 Å². The maximum atomic E-state index is 9.00. The quantitative estimate of drug-likeness (QED) is 0.811. The van der Waals surface area contributed by atoms with Gasteiger partial charge in [-0.05, 0) is 37.1 Å². The van der Waals surface area contributed by atoms with Crippen molar-refractivity contribution < 1.29 is 9.84 Å². The van der Waals surface area contributed by atoms with Gasteiger partial charge in [0.05, 0.1) is 6.61 Å². The third-order valence-electron chi connectivity index (χ3n) is 2.76. The third kappa shape index (κ3) is 4.75. The summed E-state index contributed by atoms with van der Waals surface area (Å²) in [5.74, 6) is 0. The van der Waals surface area contributed by atoms with Crippen LogP contribution in [0.2, 0.25) is 10.0 Å². The summed E-state index contributed by atoms with van der Waals surface area (Å²) in [4.78, 5) is 0. The molecule has 2 unspecified atom stereocenters. The highest BCUT2D eigenvalue weighted by atomic mass is 35.5. The Morgan fingerprint density at radius 3 is 2.72 bits per heavy atom. The van der Waals surface area contributed by atoms with Gasteiger partial charge in [0.25, 0.3) is 0 Å². The summed E-state index contributed by atoms with van der Waals surface area (Å²) in [5.41, 5.74) is 0.947. The molecule has 0 aliphatic rings. The van der Waals surface area contributed by atoms with Crippen LogP contribution >= 0.6 is 23.2 Å². The van der Waals surface area contributed by atoms with Gasteiger partial charge in [0.15, 0.2) is 0 Å². The Hall–Kier alpha value is -0.320. The van der Waals surface area contributed by atoms with Crippen molar-refractivity contribution >= 4 is 23.2 Å². The predicted molar refractivity (Wildman–Crippen MR) is 75.4 cm³/mol. The topological polar surface area (TPSA) is 41.5 Å². The molecule has 5 heteroatoms. The van der Waals surface area contributed by atoms with Gasteiger partial charge in [-0.25, -0.2) is 0 Å². The van der Waals surface area contributed by atoms with Gasteiger partial charge in [0.1, 0.15) is 0 Å². The van der Waals surface area contributed by atoms with E-state index in [9.17, 15) is 0 Å². The van der Waals surface area contributed by atoms with E-state index >= 15 is 0 Å². The summed E-state index contributed by atoms with van der Waals surface area (Å²) < 4.78 is 5.11. The molecule has 102 valence electrons. The summed E-state index contributed by atoms with van der Waals surface area (Å²) in [6, 6.07) is 5.53. The summed E-state index contributed by atoms with van der Waals surface area (Å²) in [6.07, 6.45) is 0.635. The lowest BCUT2D eigenvalue weighted by Gasteiger charge is -2.23. The van der Waals surface area contributed by atoms with Crippen LogP contribution in [0, 0.1) is 0 Å². The smallest absolute Gasteiger partial charge is 0.0616 e. The van der Waals surface area contributed by atoms with Crippen LogP contribution in [0.1, 0.15) is 24.9 Å². The van der Waals surface area contributed by atoms with Gasteiger partial charge in [0.2, 0.25) is 0 Å². The van der Waals surface area contributed by atoms with Gasteiger partial charge in [-0.15, -0.1) is 0 Å². The highest BCUT2D eigenvalue weighted by Crippen LogP contribution is 2.26. The molecule has 0 saturated heterocycles. The Labute approximate surface area is 118 Å². The molecule has 0 aliphatic carbocycles. The highest BCUT2D eigenvalue weighted by molar-refractivity contribution is 6.33. The second-order valence-electron chi connectivity index (χ2n) is 4.22. The minimum Gasteiger partial charge on any atom is -0.396 e. The van der Waals surface area contributed by atoms with E-state index in [1.54, 1.807) is 19.2 Å². The molecule has 0 aliphatic heterocycles. The monoisotopic (exact) mass is 291 g/mol. The molecule has 0 radical (unpaired) electrons. The average Bonchev–Trinajstić information content (AvgIpc) is 2.33. The summed E-state index contributed by atoms with van der Waals surface area (Å²) >= 11 is 12.1. The minimum atomic E-state index is 0.0444. The van der Waals surface area contributed by atoms with Crippen molar-refractivity contribution in [2.45, 2.75) is 25.4 Å². The Morgan fingerprint density at radius 1 is 1.39 bits per heavy atom. The van der Waals surface area contributed by atoms with Crippen LogP contribution in [0.25, 0.3) is 0 Å². The maximum absolute atomic E-state index is 9.00. The zero-order valence-corrected chi connectivity index (χ0v) is 12.1. The van der Waals surface area contributed by atoms with Crippen LogP contribution in [0.5, 0.6) is 0 Å². The lowest BCUT2D eigenvalue weighted by Crippen LogP contribution is -2.36. The molecule has 1 aromatic rings. The van der Waals surface area contributed by atoms with Gasteiger partial charge in [-0.2, -0.15) is 0 Å². The van der Waals surface area contributed by atoms with E-state index in [0.717, 1.165) is 5.56 Å². The zero-order chi connectivity index (χ0) is 13.5. The largest absolute Gasteiger partial charge is 0.396 e. The van der Waals surface area contributed by atoms with E-state index in [2.05, 4.69) is 5.32 Å². The fourth-order valence-corrected chi connectivity index (χ4v) is 2.32. The van der Waals surface area contributed by atoms with Crippen LogP contribution in [-0.2, 0) is 4.74 Å². The first-order valence-electron chi connectivity index (χ1n) is 5.89. The molecular formula is C13H19Cl2NO2. The van der Waals surface area contributed by atoms with E-state index in [4.69, 9.17) is 33.0 Å². The molecule has 0 bridgehead atoms. The first-order valence-corrected chi connectivity index (χ1v) is 6.64. The second kappa shape index (κ2) is 7.97. The predicted octanol–water partition coefficient (Wildman–Crippen LogP) is 3.04. The van der Waals surface area contributed by atoms with E-state index in [1.807, 2.05) is 13.0 Å². The van der Waals surface area contributed by atoms with Crippen molar-refractivity contribution in [1.82, 2.24) is 5.32 Å². The van der Waals surface area contributed by atoms with Gasteiger partial charge in [-0.3, -0.25) is 0 Å². The Bertz CT molecular complexity index is 368. The van der Waals surface area contributed by atoms with Gasteiger partial charge in [0, 0.05) is 35.8 Å². The lowest BCUT2D eigenvalue weighted by molar-refractivity contribution is 0.143. The van der Waals surface area contributed by atoms with Crippen LogP contribution in [0.3, 0.4) is 0 Å². The van der Waals surface area contributed by atoms with E-state index in [1.165, 1.54) is 0 Å².